The van der Waals surface area contributed by atoms with Gasteiger partial charge in [-0.2, -0.15) is 0 Å². The molecule has 1 aromatic rings. The lowest BCUT2D eigenvalue weighted by molar-refractivity contribution is -0.130. The molecule has 0 saturated carbocycles. The van der Waals surface area contributed by atoms with Gasteiger partial charge in [0.05, 0.1) is 4.90 Å². The highest BCUT2D eigenvalue weighted by molar-refractivity contribution is 7.92. The number of sulfone groups is 1. The summed E-state index contributed by atoms with van der Waals surface area (Å²) in [6.45, 7) is 6.34. The highest BCUT2D eigenvalue weighted by atomic mass is 32.2. The number of amides is 1. The summed E-state index contributed by atoms with van der Waals surface area (Å²) in [5.74, 6) is -0.908. The van der Waals surface area contributed by atoms with E-state index in [-0.39, 0.29) is 4.90 Å². The largest absolute Gasteiger partial charge is 0.342 e. The van der Waals surface area contributed by atoms with Gasteiger partial charge in [-0.05, 0) is 44.0 Å². The second-order valence-electron chi connectivity index (χ2n) is 4.97. The number of hydrogen-bond acceptors (Lipinski definition) is 3. The molecule has 0 radical (unpaired) electrons. The molecular weight excluding hydrogens is 293 g/mol. The smallest absolute Gasteiger partial charge is 0.241 e. The van der Waals surface area contributed by atoms with Crippen LogP contribution in [0, 0.1) is 5.82 Å². The van der Waals surface area contributed by atoms with Crippen LogP contribution in [0.5, 0.6) is 0 Å². The van der Waals surface area contributed by atoms with Crippen molar-refractivity contribution in [2.75, 3.05) is 13.1 Å². The summed E-state index contributed by atoms with van der Waals surface area (Å²) >= 11 is 0. The Hall–Kier alpha value is -1.43. The van der Waals surface area contributed by atoms with Crippen LogP contribution in [0.4, 0.5) is 4.39 Å². The zero-order valence-electron chi connectivity index (χ0n) is 12.7. The summed E-state index contributed by atoms with van der Waals surface area (Å²) in [5.41, 5.74) is 0. The van der Waals surface area contributed by atoms with Crippen molar-refractivity contribution >= 4 is 15.7 Å². The van der Waals surface area contributed by atoms with E-state index in [9.17, 15) is 17.6 Å². The van der Waals surface area contributed by atoms with Crippen LogP contribution in [0.15, 0.2) is 29.2 Å². The number of benzene rings is 1. The predicted molar refractivity (Wildman–Crippen MR) is 80.2 cm³/mol. The Bertz CT molecular complexity index is 563. The fraction of sp³-hybridized carbons (Fsp3) is 0.533. The first-order chi connectivity index (χ1) is 9.84. The van der Waals surface area contributed by atoms with Gasteiger partial charge in [0.15, 0.2) is 9.84 Å². The molecule has 1 amide bonds. The van der Waals surface area contributed by atoms with Crippen LogP contribution in [-0.2, 0) is 14.6 Å². The van der Waals surface area contributed by atoms with E-state index in [2.05, 4.69) is 0 Å². The molecule has 21 heavy (non-hydrogen) atoms. The van der Waals surface area contributed by atoms with E-state index in [4.69, 9.17) is 0 Å². The third-order valence-electron chi connectivity index (χ3n) is 3.25. The monoisotopic (exact) mass is 315 g/mol. The van der Waals surface area contributed by atoms with Crippen molar-refractivity contribution in [3.8, 4) is 0 Å². The molecule has 4 nitrogen and oxygen atoms in total. The van der Waals surface area contributed by atoms with E-state index in [0.29, 0.717) is 13.1 Å². The zero-order chi connectivity index (χ0) is 16.0. The lowest BCUT2D eigenvalue weighted by Gasteiger charge is -2.25. The van der Waals surface area contributed by atoms with Crippen molar-refractivity contribution in [1.82, 2.24) is 4.90 Å². The van der Waals surface area contributed by atoms with E-state index in [1.807, 2.05) is 13.8 Å². The van der Waals surface area contributed by atoms with Crippen LogP contribution in [0.25, 0.3) is 0 Å². The molecule has 0 aliphatic rings. The Balaban J connectivity index is 3.01. The molecular formula is C15H22FNO3S. The van der Waals surface area contributed by atoms with Crippen LogP contribution in [0.2, 0.25) is 0 Å². The topological polar surface area (TPSA) is 54.5 Å². The summed E-state index contributed by atoms with van der Waals surface area (Å²) in [6.07, 6.45) is 1.55. The molecule has 1 rings (SSSR count). The standard InChI is InChI=1S/C15H22FNO3S/c1-4-10-17(11-5-2)15(18)12(3)21(19,20)14-8-6-13(16)7-9-14/h6-9,12H,4-5,10-11H2,1-3H3/t12-/m0/s1. The normalized spacial score (nSPS) is 13.0. The van der Waals surface area contributed by atoms with Crippen molar-refractivity contribution in [2.24, 2.45) is 0 Å². The molecule has 0 fully saturated rings. The molecule has 0 heterocycles. The number of halogens is 1. The minimum Gasteiger partial charge on any atom is -0.342 e. The minimum atomic E-state index is -3.79. The lowest BCUT2D eigenvalue weighted by atomic mass is 10.3. The summed E-state index contributed by atoms with van der Waals surface area (Å²) in [6, 6.07) is 4.55. The molecule has 0 aliphatic heterocycles. The average molecular weight is 315 g/mol. The highest BCUT2D eigenvalue weighted by Crippen LogP contribution is 2.18. The molecule has 0 bridgehead atoms. The molecule has 0 N–H and O–H groups in total. The van der Waals surface area contributed by atoms with Gasteiger partial charge in [-0.1, -0.05) is 13.8 Å². The SMILES string of the molecule is CCCN(CCC)C(=O)[C@H](C)S(=O)(=O)c1ccc(F)cc1. The van der Waals surface area contributed by atoms with Gasteiger partial charge in [-0.25, -0.2) is 12.8 Å². The Morgan fingerprint density at radius 1 is 1.14 bits per heavy atom. The quantitative estimate of drug-likeness (QED) is 0.727. The minimum absolute atomic E-state index is 0.0299. The molecule has 0 aliphatic carbocycles. The van der Waals surface area contributed by atoms with Crippen molar-refractivity contribution in [2.45, 2.75) is 43.8 Å². The van der Waals surface area contributed by atoms with Crippen LogP contribution in [0.1, 0.15) is 33.6 Å². The summed E-state index contributed by atoms with van der Waals surface area (Å²) in [5, 5.41) is -1.17. The maximum atomic E-state index is 12.9. The maximum Gasteiger partial charge on any atom is 0.241 e. The zero-order valence-corrected chi connectivity index (χ0v) is 13.5. The lowest BCUT2D eigenvalue weighted by Crippen LogP contribution is -2.42. The van der Waals surface area contributed by atoms with Gasteiger partial charge < -0.3 is 4.90 Å². The molecule has 6 heteroatoms. The first kappa shape index (κ1) is 17.6. The predicted octanol–water partition coefficient (Wildman–Crippen LogP) is 2.64. The Morgan fingerprint density at radius 2 is 1.62 bits per heavy atom. The first-order valence-corrected chi connectivity index (χ1v) is 8.67. The highest BCUT2D eigenvalue weighted by Gasteiger charge is 2.32. The second kappa shape index (κ2) is 7.54. The van der Waals surface area contributed by atoms with Crippen LogP contribution in [-0.4, -0.2) is 37.6 Å². The van der Waals surface area contributed by atoms with Gasteiger partial charge in [0, 0.05) is 13.1 Å². The molecule has 1 aromatic carbocycles. The fourth-order valence-electron chi connectivity index (χ4n) is 2.09. The number of carbonyl (C=O) groups is 1. The number of nitrogens with zero attached hydrogens (tertiary/aromatic N) is 1. The third kappa shape index (κ3) is 4.27. The third-order valence-corrected chi connectivity index (χ3v) is 5.32. The molecule has 0 saturated heterocycles. The van der Waals surface area contributed by atoms with Crippen LogP contribution < -0.4 is 0 Å². The van der Waals surface area contributed by atoms with Crippen molar-refractivity contribution in [1.29, 1.82) is 0 Å². The summed E-state index contributed by atoms with van der Waals surface area (Å²) in [4.78, 5) is 13.9. The Labute approximate surface area is 125 Å². The first-order valence-electron chi connectivity index (χ1n) is 7.12. The van der Waals surface area contributed by atoms with E-state index >= 15 is 0 Å². The molecule has 0 unspecified atom stereocenters. The van der Waals surface area contributed by atoms with Crippen molar-refractivity contribution in [3.63, 3.8) is 0 Å². The second-order valence-corrected chi connectivity index (χ2v) is 7.23. The Kier molecular flexibility index (Phi) is 6.33. The van der Waals surface area contributed by atoms with E-state index in [1.165, 1.54) is 19.1 Å². The van der Waals surface area contributed by atoms with Crippen LogP contribution in [0.3, 0.4) is 0 Å². The van der Waals surface area contributed by atoms with E-state index in [0.717, 1.165) is 25.0 Å². The molecule has 0 spiro atoms. The number of hydrogen-bond donors (Lipinski definition) is 0. The van der Waals surface area contributed by atoms with Gasteiger partial charge in [-0.3, -0.25) is 4.79 Å². The average Bonchev–Trinajstić information content (AvgIpc) is 2.46. The molecule has 0 aromatic heterocycles. The van der Waals surface area contributed by atoms with Gasteiger partial charge in [-0.15, -0.1) is 0 Å². The van der Waals surface area contributed by atoms with Crippen molar-refractivity contribution < 1.29 is 17.6 Å². The molecule has 118 valence electrons. The number of rotatable bonds is 7. The van der Waals surface area contributed by atoms with E-state index < -0.39 is 26.8 Å². The van der Waals surface area contributed by atoms with Crippen LogP contribution >= 0.6 is 0 Å². The number of carbonyl (C=O) groups excluding carboxylic acids is 1. The van der Waals surface area contributed by atoms with Gasteiger partial charge in [0.2, 0.25) is 5.91 Å². The van der Waals surface area contributed by atoms with Crippen molar-refractivity contribution in [3.05, 3.63) is 30.1 Å². The van der Waals surface area contributed by atoms with Gasteiger partial charge in [0.1, 0.15) is 11.1 Å². The van der Waals surface area contributed by atoms with E-state index in [1.54, 1.807) is 4.90 Å². The summed E-state index contributed by atoms with van der Waals surface area (Å²) < 4.78 is 37.7. The van der Waals surface area contributed by atoms with Gasteiger partial charge >= 0.3 is 0 Å². The molecule has 1 atom stereocenters. The Morgan fingerprint density at radius 3 is 2.05 bits per heavy atom. The maximum absolute atomic E-state index is 12.9. The van der Waals surface area contributed by atoms with Gasteiger partial charge in [0.25, 0.3) is 0 Å². The summed E-state index contributed by atoms with van der Waals surface area (Å²) in [7, 11) is -3.79. The fourth-order valence-corrected chi connectivity index (χ4v) is 3.43.